The van der Waals surface area contributed by atoms with Crippen molar-refractivity contribution in [1.29, 1.82) is 0 Å². The zero-order valence-electron chi connectivity index (χ0n) is 10.3. The molecule has 17 heavy (non-hydrogen) atoms. The molecule has 0 amide bonds. The predicted molar refractivity (Wildman–Crippen MR) is 71.9 cm³/mol. The molecule has 0 spiro atoms. The molecule has 1 aromatic rings. The van der Waals surface area contributed by atoms with E-state index in [1.807, 2.05) is 18.2 Å². The molecule has 2 heteroatoms. The van der Waals surface area contributed by atoms with Gasteiger partial charge < -0.3 is 10.1 Å². The van der Waals surface area contributed by atoms with Gasteiger partial charge in [0.25, 0.3) is 0 Å². The Morgan fingerprint density at radius 1 is 1.29 bits per heavy atom. The van der Waals surface area contributed by atoms with E-state index in [0.717, 1.165) is 13.2 Å². The van der Waals surface area contributed by atoms with Gasteiger partial charge in [-0.15, -0.1) is 0 Å². The maximum Gasteiger partial charge on any atom is 0.0650 e. The lowest BCUT2D eigenvalue weighted by Gasteiger charge is -2.22. The minimum atomic E-state index is 0.703. The van der Waals surface area contributed by atoms with Crippen LogP contribution in [0.5, 0.6) is 0 Å². The Hall–Kier alpha value is -1.12. The van der Waals surface area contributed by atoms with Crippen LogP contribution < -0.4 is 5.32 Å². The number of hydrogen-bond donors (Lipinski definition) is 1. The molecule has 1 N–H and O–H groups in total. The molecule has 0 bridgehead atoms. The lowest BCUT2D eigenvalue weighted by Crippen LogP contribution is -2.32. The van der Waals surface area contributed by atoms with Crippen molar-refractivity contribution in [3.05, 3.63) is 42.0 Å². The fraction of sp³-hybridized carbons (Fsp3) is 0.467. The van der Waals surface area contributed by atoms with Gasteiger partial charge in [0, 0.05) is 6.54 Å². The quantitative estimate of drug-likeness (QED) is 0.787. The number of ether oxygens (including phenoxy) is 1. The minimum absolute atomic E-state index is 0.703. The molecule has 92 valence electrons. The molecule has 2 rings (SSSR count). The highest BCUT2D eigenvalue weighted by atomic mass is 16.5. The Morgan fingerprint density at radius 3 is 2.94 bits per heavy atom. The number of nitrogens with one attached hydrogen (secondary N) is 1. The van der Waals surface area contributed by atoms with Crippen LogP contribution in [-0.2, 0) is 4.74 Å². The van der Waals surface area contributed by atoms with Crippen molar-refractivity contribution >= 4 is 6.08 Å². The van der Waals surface area contributed by atoms with Crippen molar-refractivity contribution in [3.8, 4) is 0 Å². The summed E-state index contributed by atoms with van der Waals surface area (Å²) in [4.78, 5) is 0. The molecule has 1 aromatic carbocycles. The molecule has 0 radical (unpaired) electrons. The first kappa shape index (κ1) is 12.3. The molecular weight excluding hydrogens is 210 g/mol. The van der Waals surface area contributed by atoms with E-state index in [9.17, 15) is 0 Å². The Balaban J connectivity index is 1.61. The Morgan fingerprint density at radius 2 is 2.18 bits per heavy atom. The summed E-state index contributed by atoms with van der Waals surface area (Å²) in [6.45, 7) is 3.88. The fourth-order valence-electron chi connectivity index (χ4n) is 2.12. The molecule has 0 aliphatic carbocycles. The SMILES string of the molecule is C(=Cc1ccccc1)COCC1CCCNC1. The van der Waals surface area contributed by atoms with Crippen LogP contribution >= 0.6 is 0 Å². The highest BCUT2D eigenvalue weighted by Gasteiger charge is 2.11. The van der Waals surface area contributed by atoms with Gasteiger partial charge in [0.15, 0.2) is 0 Å². The summed E-state index contributed by atoms with van der Waals surface area (Å²) in [6.07, 6.45) is 6.79. The van der Waals surface area contributed by atoms with Crippen LogP contribution in [0.25, 0.3) is 6.08 Å². The van der Waals surface area contributed by atoms with Gasteiger partial charge in [-0.05, 0) is 30.9 Å². The van der Waals surface area contributed by atoms with E-state index in [1.165, 1.54) is 24.9 Å². The van der Waals surface area contributed by atoms with Crippen LogP contribution in [0, 0.1) is 5.92 Å². The van der Waals surface area contributed by atoms with Crippen LogP contribution in [0.4, 0.5) is 0 Å². The third-order valence-electron chi connectivity index (χ3n) is 3.08. The summed E-state index contributed by atoms with van der Waals surface area (Å²) < 4.78 is 5.67. The van der Waals surface area contributed by atoms with Crippen molar-refractivity contribution in [1.82, 2.24) is 5.32 Å². The first-order chi connectivity index (χ1) is 8.45. The van der Waals surface area contributed by atoms with Gasteiger partial charge >= 0.3 is 0 Å². The normalized spacial score (nSPS) is 20.8. The fourth-order valence-corrected chi connectivity index (χ4v) is 2.12. The molecule has 1 atom stereocenters. The standard InChI is InChI=1S/C15H21NO/c1-2-6-14(7-3-1)9-5-11-17-13-15-8-4-10-16-12-15/h1-3,5-7,9,15-16H,4,8,10-13H2. The van der Waals surface area contributed by atoms with Crippen molar-refractivity contribution in [2.45, 2.75) is 12.8 Å². The molecule has 1 aliphatic heterocycles. The molecule has 1 heterocycles. The second-order valence-electron chi connectivity index (χ2n) is 4.56. The van der Waals surface area contributed by atoms with Gasteiger partial charge in [-0.2, -0.15) is 0 Å². The summed E-state index contributed by atoms with van der Waals surface area (Å²) in [5.74, 6) is 0.703. The van der Waals surface area contributed by atoms with Crippen LogP contribution in [0.3, 0.4) is 0 Å². The van der Waals surface area contributed by atoms with E-state index >= 15 is 0 Å². The predicted octanol–water partition coefficient (Wildman–Crippen LogP) is 2.72. The first-order valence-corrected chi connectivity index (χ1v) is 6.45. The van der Waals surface area contributed by atoms with Crippen LogP contribution in [0.1, 0.15) is 18.4 Å². The summed E-state index contributed by atoms with van der Waals surface area (Å²) in [5.41, 5.74) is 1.23. The number of hydrogen-bond acceptors (Lipinski definition) is 2. The van der Waals surface area contributed by atoms with Crippen molar-refractivity contribution in [2.24, 2.45) is 5.92 Å². The molecule has 1 saturated heterocycles. The van der Waals surface area contributed by atoms with Gasteiger partial charge in [0.05, 0.1) is 13.2 Å². The Labute approximate surface area is 104 Å². The summed E-state index contributed by atoms with van der Waals surface area (Å²) in [6, 6.07) is 10.3. The third-order valence-corrected chi connectivity index (χ3v) is 3.08. The van der Waals surface area contributed by atoms with Crippen LogP contribution in [-0.4, -0.2) is 26.3 Å². The van der Waals surface area contributed by atoms with E-state index in [1.54, 1.807) is 0 Å². The van der Waals surface area contributed by atoms with E-state index in [0.29, 0.717) is 12.5 Å². The zero-order chi connectivity index (χ0) is 11.8. The van der Waals surface area contributed by atoms with Gasteiger partial charge in [0.1, 0.15) is 0 Å². The van der Waals surface area contributed by atoms with Crippen LogP contribution in [0.2, 0.25) is 0 Å². The zero-order valence-corrected chi connectivity index (χ0v) is 10.3. The molecule has 1 aliphatic rings. The molecule has 0 saturated carbocycles. The molecular formula is C15H21NO. The van der Waals surface area contributed by atoms with E-state index in [2.05, 4.69) is 29.6 Å². The average molecular weight is 231 g/mol. The van der Waals surface area contributed by atoms with Crippen LogP contribution in [0.15, 0.2) is 36.4 Å². The van der Waals surface area contributed by atoms with E-state index in [-0.39, 0.29) is 0 Å². The lowest BCUT2D eigenvalue weighted by atomic mass is 10.0. The second kappa shape index (κ2) is 7.25. The smallest absolute Gasteiger partial charge is 0.0650 e. The minimum Gasteiger partial charge on any atom is -0.377 e. The molecule has 0 aromatic heterocycles. The van der Waals surface area contributed by atoms with Gasteiger partial charge in [-0.25, -0.2) is 0 Å². The van der Waals surface area contributed by atoms with Crippen molar-refractivity contribution < 1.29 is 4.74 Å². The summed E-state index contributed by atoms with van der Waals surface area (Å²) >= 11 is 0. The number of piperidine rings is 1. The first-order valence-electron chi connectivity index (χ1n) is 6.45. The highest BCUT2D eigenvalue weighted by molar-refractivity contribution is 5.48. The Bertz CT molecular complexity index is 328. The van der Waals surface area contributed by atoms with Gasteiger partial charge in [-0.3, -0.25) is 0 Å². The Kier molecular flexibility index (Phi) is 5.27. The summed E-state index contributed by atoms with van der Waals surface area (Å²) in [5, 5.41) is 3.40. The second-order valence-corrected chi connectivity index (χ2v) is 4.56. The van der Waals surface area contributed by atoms with Crippen molar-refractivity contribution in [2.75, 3.05) is 26.3 Å². The molecule has 1 fully saturated rings. The summed E-state index contributed by atoms with van der Waals surface area (Å²) in [7, 11) is 0. The average Bonchev–Trinajstić information content (AvgIpc) is 2.41. The van der Waals surface area contributed by atoms with Gasteiger partial charge in [-0.1, -0.05) is 42.5 Å². The third kappa shape index (κ3) is 4.72. The molecule has 1 unspecified atom stereocenters. The topological polar surface area (TPSA) is 21.3 Å². The van der Waals surface area contributed by atoms with E-state index in [4.69, 9.17) is 4.74 Å². The monoisotopic (exact) mass is 231 g/mol. The highest BCUT2D eigenvalue weighted by Crippen LogP contribution is 2.10. The number of benzene rings is 1. The molecule has 2 nitrogen and oxygen atoms in total. The number of rotatable bonds is 5. The van der Waals surface area contributed by atoms with Crippen molar-refractivity contribution in [3.63, 3.8) is 0 Å². The maximum atomic E-state index is 5.67. The maximum absolute atomic E-state index is 5.67. The van der Waals surface area contributed by atoms with E-state index < -0.39 is 0 Å². The lowest BCUT2D eigenvalue weighted by molar-refractivity contribution is 0.111. The largest absolute Gasteiger partial charge is 0.377 e. The van der Waals surface area contributed by atoms with Gasteiger partial charge in [0.2, 0.25) is 0 Å².